The minimum absolute atomic E-state index is 0.0188. The minimum atomic E-state index is -2.69. The molecule has 0 aromatic heterocycles. The lowest BCUT2D eigenvalue weighted by atomic mass is 9.58. The van der Waals surface area contributed by atoms with Crippen LogP contribution < -0.4 is 11.1 Å². The Kier molecular flexibility index (Phi) is 6.73. The number of hydrogen-bond acceptors (Lipinski definition) is 9. The Labute approximate surface area is 225 Å². The summed E-state index contributed by atoms with van der Waals surface area (Å²) in [5.74, 6) is -7.43. The monoisotopic (exact) mass is 539 g/mol. The van der Waals surface area contributed by atoms with Crippen LogP contribution in [0.5, 0.6) is 5.75 Å². The van der Waals surface area contributed by atoms with Crippen LogP contribution >= 0.6 is 0 Å². The molecule has 3 aliphatic rings. The summed E-state index contributed by atoms with van der Waals surface area (Å²) in [7, 11) is 3.13. The van der Waals surface area contributed by atoms with E-state index in [-0.39, 0.29) is 35.6 Å². The van der Waals surface area contributed by atoms with Gasteiger partial charge < -0.3 is 31.5 Å². The number of hydrogen-bond donors (Lipinski definition) is 6. The summed E-state index contributed by atoms with van der Waals surface area (Å²) in [6.45, 7) is 5.50. The SMILES string of the molecule is CN(C)C1C(O)=C(C(N)=O)C(=O)C2(O)C(O)=C3C(=O)c4c(O)ccc(/C=C/C(=O)NC(C)(C)C)c4CC3CC12. The van der Waals surface area contributed by atoms with Crippen LogP contribution in [0.15, 0.2) is 40.9 Å². The molecule has 0 bridgehead atoms. The van der Waals surface area contributed by atoms with Gasteiger partial charge in [-0.15, -0.1) is 0 Å². The van der Waals surface area contributed by atoms with Gasteiger partial charge in [0.1, 0.15) is 22.8 Å². The number of carbonyl (C=O) groups excluding carboxylic acids is 4. The van der Waals surface area contributed by atoms with E-state index in [1.54, 1.807) is 20.2 Å². The van der Waals surface area contributed by atoms with Crippen LogP contribution in [0, 0.1) is 11.8 Å². The topological polar surface area (TPSA) is 190 Å². The number of allylic oxidation sites excluding steroid dienone is 1. The number of aliphatic hydroxyl groups excluding tert-OH is 2. The van der Waals surface area contributed by atoms with Crippen molar-refractivity contribution in [2.24, 2.45) is 17.6 Å². The van der Waals surface area contributed by atoms with Crippen molar-refractivity contribution in [3.8, 4) is 5.75 Å². The molecule has 0 saturated carbocycles. The fourth-order valence-corrected chi connectivity index (χ4v) is 6.01. The highest BCUT2D eigenvalue weighted by Gasteiger charge is 2.63. The van der Waals surface area contributed by atoms with E-state index in [1.807, 2.05) is 20.8 Å². The number of benzene rings is 1. The third kappa shape index (κ3) is 4.41. The second kappa shape index (κ2) is 9.35. The van der Waals surface area contributed by atoms with Gasteiger partial charge in [-0.05, 0) is 76.9 Å². The molecule has 1 aromatic rings. The highest BCUT2D eigenvalue weighted by Crippen LogP contribution is 2.52. The van der Waals surface area contributed by atoms with Gasteiger partial charge in [0, 0.05) is 23.1 Å². The molecule has 39 heavy (non-hydrogen) atoms. The molecule has 0 saturated heterocycles. The number of Topliss-reactive ketones (excluding diaryl/α,β-unsaturated/α-hetero) is 2. The zero-order chi connectivity index (χ0) is 29.2. The van der Waals surface area contributed by atoms with Gasteiger partial charge in [0.2, 0.25) is 11.7 Å². The third-order valence-corrected chi connectivity index (χ3v) is 7.55. The van der Waals surface area contributed by atoms with Gasteiger partial charge in [-0.25, -0.2) is 0 Å². The van der Waals surface area contributed by atoms with Gasteiger partial charge in [-0.1, -0.05) is 6.07 Å². The van der Waals surface area contributed by atoms with E-state index in [4.69, 9.17) is 5.73 Å². The highest BCUT2D eigenvalue weighted by atomic mass is 16.3. The van der Waals surface area contributed by atoms with Gasteiger partial charge in [0.05, 0.1) is 11.6 Å². The number of rotatable bonds is 4. The second-order valence-electron chi connectivity index (χ2n) is 11.6. The first-order valence-corrected chi connectivity index (χ1v) is 12.5. The van der Waals surface area contributed by atoms with Crippen molar-refractivity contribution in [2.45, 2.75) is 50.8 Å². The predicted octanol–water partition coefficient (Wildman–Crippen LogP) is 1.05. The molecule has 2 amide bonds. The van der Waals surface area contributed by atoms with Crippen LogP contribution in [-0.4, -0.2) is 80.0 Å². The third-order valence-electron chi connectivity index (χ3n) is 7.55. The molecule has 0 heterocycles. The van der Waals surface area contributed by atoms with Crippen molar-refractivity contribution >= 4 is 29.5 Å². The maximum absolute atomic E-state index is 13.7. The lowest BCUT2D eigenvalue weighted by Gasteiger charge is -2.50. The van der Waals surface area contributed by atoms with Crippen LogP contribution in [0.4, 0.5) is 0 Å². The fourth-order valence-electron chi connectivity index (χ4n) is 6.01. The van der Waals surface area contributed by atoms with Crippen LogP contribution in [-0.2, 0) is 20.8 Å². The van der Waals surface area contributed by atoms with Gasteiger partial charge >= 0.3 is 0 Å². The number of carbonyl (C=O) groups is 4. The molecule has 11 heteroatoms. The standard InChI is InChI=1S/C28H33N3O8/c1-27(2,3)30-17(33)9-7-12-6-8-16(32)19-14(12)10-13-11-15-21(31(4)5)23(35)20(26(29)38)25(37)28(15,39)24(36)18(13)22(19)34/h6-9,13,15,21,32,35-36,39H,10-11H2,1-5H3,(H2,29,38)(H,30,33)/b9-7+. The van der Waals surface area contributed by atoms with Crippen molar-refractivity contribution in [1.82, 2.24) is 10.2 Å². The van der Waals surface area contributed by atoms with Crippen molar-refractivity contribution < 1.29 is 39.6 Å². The molecule has 0 aliphatic heterocycles. The number of fused-ring (bicyclic) bond motifs is 3. The first-order valence-electron chi connectivity index (χ1n) is 12.5. The molecule has 11 nitrogen and oxygen atoms in total. The number of nitrogens with two attached hydrogens (primary N) is 1. The summed E-state index contributed by atoms with van der Waals surface area (Å²) in [4.78, 5) is 52.9. The molecule has 4 unspecified atom stereocenters. The van der Waals surface area contributed by atoms with E-state index >= 15 is 0 Å². The summed E-state index contributed by atoms with van der Waals surface area (Å²) in [6.07, 6.45) is 2.96. The number of amides is 2. The van der Waals surface area contributed by atoms with Gasteiger partial charge in [-0.2, -0.15) is 0 Å². The summed E-state index contributed by atoms with van der Waals surface area (Å²) in [5.41, 5.74) is 1.92. The number of nitrogens with one attached hydrogen (secondary N) is 1. The molecule has 0 spiro atoms. The Hall–Kier alpha value is -3.96. The fraction of sp³-hybridized carbons (Fsp3) is 0.429. The number of primary amides is 1. The van der Waals surface area contributed by atoms with E-state index in [9.17, 15) is 39.6 Å². The molecule has 0 fully saturated rings. The molecular formula is C28H33N3O8. The van der Waals surface area contributed by atoms with Crippen LogP contribution in [0.3, 0.4) is 0 Å². The molecule has 208 valence electrons. The summed E-state index contributed by atoms with van der Waals surface area (Å²) >= 11 is 0. The summed E-state index contributed by atoms with van der Waals surface area (Å²) < 4.78 is 0. The average molecular weight is 540 g/mol. The molecule has 7 N–H and O–H groups in total. The minimum Gasteiger partial charge on any atom is -0.510 e. The van der Waals surface area contributed by atoms with Crippen molar-refractivity contribution in [1.29, 1.82) is 0 Å². The number of ketones is 2. The lowest BCUT2D eigenvalue weighted by Crippen LogP contribution is -2.63. The maximum Gasteiger partial charge on any atom is 0.255 e. The Bertz CT molecular complexity index is 1400. The number of likely N-dealkylation sites (N-methyl/N-ethyl adjacent to an activating group) is 1. The number of nitrogens with zero attached hydrogens (tertiary/aromatic N) is 1. The predicted molar refractivity (Wildman–Crippen MR) is 141 cm³/mol. The van der Waals surface area contributed by atoms with E-state index in [0.717, 1.165) is 0 Å². The van der Waals surface area contributed by atoms with E-state index in [1.165, 1.54) is 23.1 Å². The van der Waals surface area contributed by atoms with Gasteiger partial charge in [0.25, 0.3) is 5.91 Å². The second-order valence-corrected chi connectivity index (χ2v) is 11.6. The zero-order valence-corrected chi connectivity index (χ0v) is 22.4. The Balaban J connectivity index is 1.85. The number of aliphatic hydroxyl groups is 3. The normalized spacial score (nSPS) is 27.0. The van der Waals surface area contributed by atoms with Crippen LogP contribution in [0.2, 0.25) is 0 Å². The molecule has 4 atom stereocenters. The molecule has 4 rings (SSSR count). The maximum atomic E-state index is 13.7. The molecular weight excluding hydrogens is 506 g/mol. The largest absolute Gasteiger partial charge is 0.510 e. The van der Waals surface area contributed by atoms with Gasteiger partial charge in [0.15, 0.2) is 11.4 Å². The summed E-state index contributed by atoms with van der Waals surface area (Å²) in [5, 5.41) is 47.2. The van der Waals surface area contributed by atoms with Crippen molar-refractivity contribution in [2.75, 3.05) is 14.1 Å². The molecule has 3 aliphatic carbocycles. The molecule has 0 radical (unpaired) electrons. The first kappa shape index (κ1) is 28.1. The van der Waals surface area contributed by atoms with Crippen molar-refractivity contribution in [3.05, 3.63) is 57.6 Å². The average Bonchev–Trinajstić information content (AvgIpc) is 2.79. The van der Waals surface area contributed by atoms with E-state index in [2.05, 4.69) is 5.32 Å². The lowest BCUT2D eigenvalue weighted by molar-refractivity contribution is -0.148. The number of phenolic OH excluding ortho intramolecular Hbond substituents is 1. The summed E-state index contributed by atoms with van der Waals surface area (Å²) in [6, 6.07) is 1.78. The van der Waals surface area contributed by atoms with E-state index in [0.29, 0.717) is 11.1 Å². The smallest absolute Gasteiger partial charge is 0.255 e. The van der Waals surface area contributed by atoms with E-state index < -0.39 is 63.6 Å². The zero-order valence-electron chi connectivity index (χ0n) is 22.4. The Morgan fingerprint density at radius 2 is 1.79 bits per heavy atom. The number of phenols is 1. The van der Waals surface area contributed by atoms with Crippen molar-refractivity contribution in [3.63, 3.8) is 0 Å². The quantitative estimate of drug-likeness (QED) is 0.240. The Morgan fingerprint density at radius 3 is 2.36 bits per heavy atom. The van der Waals surface area contributed by atoms with Gasteiger partial charge in [-0.3, -0.25) is 24.1 Å². The van der Waals surface area contributed by atoms with Crippen LogP contribution in [0.1, 0.15) is 48.7 Å². The Morgan fingerprint density at radius 1 is 1.15 bits per heavy atom. The number of aromatic hydroxyl groups is 1. The molecule has 1 aromatic carbocycles. The highest BCUT2D eigenvalue weighted by molar-refractivity contribution is 6.24. The first-order chi connectivity index (χ1) is 18.0. The van der Waals surface area contributed by atoms with Crippen LogP contribution in [0.25, 0.3) is 6.08 Å².